The number of hydrogen-bond donors (Lipinski definition) is 1. The fraction of sp³-hybridized carbons (Fsp3) is 1.00. The van der Waals surface area contributed by atoms with Crippen LogP contribution >= 0.6 is 0 Å². The molecule has 0 aromatic heterocycles. The van der Waals surface area contributed by atoms with Crippen LogP contribution in [0.1, 0.15) is 19.8 Å². The summed E-state index contributed by atoms with van der Waals surface area (Å²) in [6, 6.07) is 0. The maximum absolute atomic E-state index is 11.7. The van der Waals surface area contributed by atoms with Gasteiger partial charge >= 0.3 is 0 Å². The fourth-order valence-corrected chi connectivity index (χ4v) is 2.81. The van der Waals surface area contributed by atoms with Crippen molar-refractivity contribution in [3.63, 3.8) is 0 Å². The summed E-state index contributed by atoms with van der Waals surface area (Å²) in [6.45, 7) is 3.55. The molecule has 0 saturated carbocycles. The van der Waals surface area contributed by atoms with Crippen LogP contribution in [0.25, 0.3) is 10.4 Å². The van der Waals surface area contributed by atoms with Gasteiger partial charge in [-0.15, -0.1) is 0 Å². The maximum Gasteiger partial charge on any atom is 0.279 e. The second-order valence-electron chi connectivity index (χ2n) is 3.94. The van der Waals surface area contributed by atoms with Crippen molar-refractivity contribution in [1.29, 1.82) is 0 Å². The molecule has 1 N–H and O–H groups in total. The van der Waals surface area contributed by atoms with Gasteiger partial charge in [0.15, 0.2) is 0 Å². The van der Waals surface area contributed by atoms with Crippen molar-refractivity contribution in [3.8, 4) is 0 Å². The van der Waals surface area contributed by atoms with Gasteiger partial charge < -0.3 is 0 Å². The molecule has 1 heterocycles. The van der Waals surface area contributed by atoms with Gasteiger partial charge in [-0.1, -0.05) is 12.0 Å². The molecule has 0 aliphatic carbocycles. The number of piperidine rings is 1. The Morgan fingerprint density at radius 1 is 1.50 bits per heavy atom. The minimum Gasteiger partial charge on any atom is -0.202 e. The Kier molecular flexibility index (Phi) is 5.01. The van der Waals surface area contributed by atoms with E-state index in [1.807, 2.05) is 0 Å². The van der Waals surface area contributed by atoms with E-state index in [0.717, 1.165) is 12.8 Å². The SMILES string of the molecule is CC1CCN(S(=O)(=O)NCCN=[N+]=[N-])CC1. The quantitative estimate of drug-likeness (QED) is 0.337. The monoisotopic (exact) mass is 247 g/mol. The molecule has 0 bridgehead atoms. The zero-order valence-corrected chi connectivity index (χ0v) is 10.2. The molecule has 0 amide bonds. The zero-order chi connectivity index (χ0) is 12.0. The predicted molar refractivity (Wildman–Crippen MR) is 60.9 cm³/mol. The minimum absolute atomic E-state index is 0.139. The van der Waals surface area contributed by atoms with Crippen LogP contribution in [-0.2, 0) is 10.2 Å². The van der Waals surface area contributed by atoms with Gasteiger partial charge in [-0.3, -0.25) is 0 Å². The molecule has 1 aliphatic rings. The van der Waals surface area contributed by atoms with Gasteiger partial charge in [0.25, 0.3) is 10.2 Å². The second-order valence-corrected chi connectivity index (χ2v) is 5.69. The summed E-state index contributed by atoms with van der Waals surface area (Å²) in [5, 5.41) is 3.27. The van der Waals surface area contributed by atoms with Gasteiger partial charge in [-0.25, -0.2) is 4.72 Å². The lowest BCUT2D eigenvalue weighted by molar-refractivity contribution is 0.285. The van der Waals surface area contributed by atoms with Crippen LogP contribution in [0.4, 0.5) is 0 Å². The molecular weight excluding hydrogens is 230 g/mol. The number of nitrogens with one attached hydrogen (secondary N) is 1. The molecule has 8 heteroatoms. The molecule has 1 fully saturated rings. The molecule has 1 rings (SSSR count). The van der Waals surface area contributed by atoms with E-state index in [4.69, 9.17) is 5.53 Å². The summed E-state index contributed by atoms with van der Waals surface area (Å²) in [5.41, 5.74) is 8.04. The average Bonchev–Trinajstić information content (AvgIpc) is 2.25. The first-order valence-electron chi connectivity index (χ1n) is 5.32. The van der Waals surface area contributed by atoms with Crippen LogP contribution < -0.4 is 4.72 Å². The van der Waals surface area contributed by atoms with Gasteiger partial charge in [-0.2, -0.15) is 12.7 Å². The smallest absolute Gasteiger partial charge is 0.202 e. The highest BCUT2D eigenvalue weighted by Crippen LogP contribution is 2.17. The Balaban J connectivity index is 2.41. The summed E-state index contributed by atoms with van der Waals surface area (Å²) < 4.78 is 27.3. The molecule has 0 spiro atoms. The molecule has 16 heavy (non-hydrogen) atoms. The van der Waals surface area contributed by atoms with E-state index < -0.39 is 10.2 Å². The summed E-state index contributed by atoms with van der Waals surface area (Å²) in [5.74, 6) is 0.592. The van der Waals surface area contributed by atoms with Crippen LogP contribution in [0.15, 0.2) is 5.11 Å². The van der Waals surface area contributed by atoms with Gasteiger partial charge in [-0.05, 0) is 24.3 Å². The number of azide groups is 1. The highest BCUT2D eigenvalue weighted by Gasteiger charge is 2.25. The lowest BCUT2D eigenvalue weighted by Crippen LogP contribution is -2.45. The molecular formula is C8H17N5O2S. The molecule has 0 aromatic carbocycles. The topological polar surface area (TPSA) is 98.2 Å². The first-order chi connectivity index (χ1) is 7.56. The van der Waals surface area contributed by atoms with Gasteiger partial charge in [0.1, 0.15) is 0 Å². The van der Waals surface area contributed by atoms with Crippen molar-refractivity contribution in [2.24, 2.45) is 11.0 Å². The van der Waals surface area contributed by atoms with Crippen LogP contribution in [0.2, 0.25) is 0 Å². The first-order valence-corrected chi connectivity index (χ1v) is 6.76. The highest BCUT2D eigenvalue weighted by atomic mass is 32.2. The third-order valence-corrected chi connectivity index (χ3v) is 4.26. The number of hydrogen-bond acceptors (Lipinski definition) is 3. The van der Waals surface area contributed by atoms with Gasteiger partial charge in [0.2, 0.25) is 0 Å². The molecule has 0 unspecified atom stereocenters. The summed E-state index contributed by atoms with van der Waals surface area (Å²) in [7, 11) is -3.39. The highest BCUT2D eigenvalue weighted by molar-refractivity contribution is 7.87. The molecule has 7 nitrogen and oxygen atoms in total. The lowest BCUT2D eigenvalue weighted by Gasteiger charge is -2.29. The van der Waals surface area contributed by atoms with E-state index in [-0.39, 0.29) is 13.1 Å². The molecule has 1 aliphatic heterocycles. The van der Waals surface area contributed by atoms with Crippen LogP contribution in [0.3, 0.4) is 0 Å². The summed E-state index contributed by atoms with van der Waals surface area (Å²) >= 11 is 0. The van der Waals surface area contributed by atoms with Crippen molar-refractivity contribution in [2.75, 3.05) is 26.2 Å². The maximum atomic E-state index is 11.7. The summed E-state index contributed by atoms with van der Waals surface area (Å²) in [6.07, 6.45) is 1.80. The van der Waals surface area contributed by atoms with Crippen molar-refractivity contribution in [1.82, 2.24) is 9.03 Å². The van der Waals surface area contributed by atoms with E-state index in [1.165, 1.54) is 4.31 Å². The van der Waals surface area contributed by atoms with Crippen molar-refractivity contribution in [3.05, 3.63) is 10.4 Å². The third kappa shape index (κ3) is 3.97. The van der Waals surface area contributed by atoms with E-state index in [1.54, 1.807) is 0 Å². The Hall–Kier alpha value is -0.820. The third-order valence-electron chi connectivity index (χ3n) is 2.64. The Labute approximate surface area is 95.6 Å². The normalized spacial score (nSPS) is 19.3. The summed E-state index contributed by atoms with van der Waals surface area (Å²) in [4.78, 5) is 2.55. The van der Waals surface area contributed by atoms with Gasteiger partial charge in [0.05, 0.1) is 0 Å². The van der Waals surface area contributed by atoms with Crippen LogP contribution in [-0.4, -0.2) is 38.9 Å². The van der Waals surface area contributed by atoms with E-state index in [2.05, 4.69) is 21.7 Å². The van der Waals surface area contributed by atoms with Crippen LogP contribution in [0, 0.1) is 5.92 Å². The fourth-order valence-electron chi connectivity index (χ4n) is 1.59. The zero-order valence-electron chi connectivity index (χ0n) is 9.33. The van der Waals surface area contributed by atoms with Crippen molar-refractivity contribution < 1.29 is 8.42 Å². The molecule has 92 valence electrons. The lowest BCUT2D eigenvalue weighted by atomic mass is 10.0. The van der Waals surface area contributed by atoms with E-state index >= 15 is 0 Å². The Bertz CT molecular complexity index is 355. The Morgan fingerprint density at radius 2 is 2.12 bits per heavy atom. The molecule has 0 aromatic rings. The minimum atomic E-state index is -3.39. The van der Waals surface area contributed by atoms with E-state index in [9.17, 15) is 8.42 Å². The largest absolute Gasteiger partial charge is 0.279 e. The molecule has 0 radical (unpaired) electrons. The predicted octanol–water partition coefficient (Wildman–Crippen LogP) is 0.863. The molecule has 0 atom stereocenters. The average molecular weight is 247 g/mol. The van der Waals surface area contributed by atoms with Crippen molar-refractivity contribution in [2.45, 2.75) is 19.8 Å². The standard InChI is InChI=1S/C8H17N5O2S/c1-8-2-6-13(7-3-8)16(14,15)11-5-4-10-12-9/h8,11H,2-7H2,1H3. The van der Waals surface area contributed by atoms with Crippen LogP contribution in [0.5, 0.6) is 0 Å². The van der Waals surface area contributed by atoms with Gasteiger partial charge in [0, 0.05) is 31.1 Å². The van der Waals surface area contributed by atoms with Crippen molar-refractivity contribution >= 4 is 10.2 Å². The Morgan fingerprint density at radius 3 is 2.69 bits per heavy atom. The number of nitrogens with zero attached hydrogens (tertiary/aromatic N) is 4. The van der Waals surface area contributed by atoms with E-state index in [0.29, 0.717) is 19.0 Å². The number of rotatable bonds is 5. The molecule has 1 saturated heterocycles. The second kappa shape index (κ2) is 6.05. The first kappa shape index (κ1) is 13.2.